The summed E-state index contributed by atoms with van der Waals surface area (Å²) >= 11 is 3.23. The van der Waals surface area contributed by atoms with Crippen LogP contribution in [0, 0.1) is 0 Å². The van der Waals surface area contributed by atoms with Crippen LogP contribution in [0.3, 0.4) is 0 Å². The molecule has 2 atom stereocenters. The molecule has 0 spiro atoms. The van der Waals surface area contributed by atoms with E-state index in [0.29, 0.717) is 32.4 Å². The first-order valence-corrected chi connectivity index (χ1v) is 8.84. The molecule has 0 bridgehead atoms. The van der Waals surface area contributed by atoms with Crippen molar-refractivity contribution in [2.75, 3.05) is 7.11 Å². The Balaban J connectivity index is 4.56. The zero-order valence-electron chi connectivity index (χ0n) is 9.80. The fraction of sp³-hybridized carbons (Fsp3) is 0.800. The van der Waals surface area contributed by atoms with Gasteiger partial charge < -0.3 is 0 Å². The van der Waals surface area contributed by atoms with E-state index in [9.17, 15) is 9.90 Å². The zero-order chi connectivity index (χ0) is 12.6. The number of methoxy groups -OCH3 is 1. The van der Waals surface area contributed by atoms with Gasteiger partial charge in [-0.25, -0.2) is 0 Å². The van der Waals surface area contributed by atoms with Crippen molar-refractivity contribution < 1.29 is 14.6 Å². The third-order valence-electron chi connectivity index (χ3n) is 2.02. The van der Waals surface area contributed by atoms with Gasteiger partial charge in [-0.3, -0.25) is 0 Å². The summed E-state index contributed by atoms with van der Waals surface area (Å²) in [7, 11) is 1.36. The number of carbonyl (C=O) groups is 1. The quantitative estimate of drug-likeness (QED) is 0.408. The summed E-state index contributed by atoms with van der Waals surface area (Å²) in [5.74, 6) is 1.78. The summed E-state index contributed by atoms with van der Waals surface area (Å²) in [5.41, 5.74) is 0. The van der Waals surface area contributed by atoms with Crippen LogP contribution in [0.1, 0.15) is 19.8 Å². The summed E-state index contributed by atoms with van der Waals surface area (Å²) in [6.45, 7) is 1.86. The second-order valence-corrected chi connectivity index (χ2v) is 6.16. The fourth-order valence-corrected chi connectivity index (χ4v) is 2.59. The molecular weight excluding hydrogens is 340 g/mol. The van der Waals surface area contributed by atoms with Gasteiger partial charge in [0.2, 0.25) is 0 Å². The van der Waals surface area contributed by atoms with Gasteiger partial charge in [0.1, 0.15) is 0 Å². The number of rotatable bonds is 7. The van der Waals surface area contributed by atoms with Gasteiger partial charge in [-0.2, -0.15) is 0 Å². The standard InChI is InChI=1S/C10H18NO3Se2/c1-4-8(12)9(15)11-7(5-6-16-3)10(13)14-2/h7-8,12H,4-6H2,1-3H3/t7-,8?/m0/s1. The van der Waals surface area contributed by atoms with Crippen LogP contribution in [0.5, 0.6) is 0 Å². The Morgan fingerprint density at radius 1 is 1.62 bits per heavy atom. The summed E-state index contributed by atoms with van der Waals surface area (Å²) < 4.78 is 5.18. The normalized spacial score (nSPS) is 15.6. The number of aliphatic imine (C=N–C) groups is 1. The molecule has 0 heterocycles. The minimum atomic E-state index is -0.612. The number of nitrogens with zero attached hydrogens (tertiary/aromatic N) is 1. The van der Waals surface area contributed by atoms with E-state index >= 15 is 0 Å². The number of ether oxygens (including phenoxy) is 1. The van der Waals surface area contributed by atoms with E-state index in [4.69, 9.17) is 0 Å². The van der Waals surface area contributed by atoms with Crippen LogP contribution in [0.4, 0.5) is 0 Å². The number of aliphatic hydroxyl groups excluding tert-OH is 1. The molecule has 1 N–H and O–H groups in total. The predicted octanol–water partition coefficient (Wildman–Crippen LogP) is 0.427. The molecule has 0 saturated carbocycles. The molecule has 0 aromatic heterocycles. The van der Waals surface area contributed by atoms with E-state index in [0.717, 1.165) is 5.32 Å². The summed E-state index contributed by atoms with van der Waals surface area (Å²) in [6.07, 6.45) is 0.654. The number of esters is 1. The maximum atomic E-state index is 11.4. The molecule has 93 valence electrons. The minimum absolute atomic E-state index is 0.333. The van der Waals surface area contributed by atoms with Gasteiger partial charge in [-0.05, 0) is 0 Å². The van der Waals surface area contributed by atoms with Crippen molar-refractivity contribution in [3.05, 3.63) is 0 Å². The van der Waals surface area contributed by atoms with E-state index < -0.39 is 12.1 Å². The van der Waals surface area contributed by atoms with Gasteiger partial charge in [0, 0.05) is 0 Å². The molecule has 0 aromatic rings. The molecule has 0 rings (SSSR count). The van der Waals surface area contributed by atoms with Crippen LogP contribution in [0.15, 0.2) is 4.99 Å². The molecule has 0 amide bonds. The van der Waals surface area contributed by atoms with Crippen LogP contribution in [-0.2, 0) is 9.53 Å². The van der Waals surface area contributed by atoms with Crippen LogP contribution in [0.25, 0.3) is 0 Å². The van der Waals surface area contributed by atoms with Gasteiger partial charge >= 0.3 is 111 Å². The second kappa shape index (κ2) is 9.20. The monoisotopic (exact) mass is 360 g/mol. The number of aliphatic hydroxyl groups is 1. The van der Waals surface area contributed by atoms with Crippen molar-refractivity contribution >= 4 is 41.5 Å². The predicted molar refractivity (Wildman–Crippen MR) is 66.3 cm³/mol. The van der Waals surface area contributed by atoms with Gasteiger partial charge in [0.25, 0.3) is 0 Å². The Labute approximate surface area is 111 Å². The van der Waals surface area contributed by atoms with Gasteiger partial charge in [-0.15, -0.1) is 0 Å². The number of hydrogen-bond acceptors (Lipinski definition) is 4. The Hall–Kier alpha value is 0.139. The van der Waals surface area contributed by atoms with E-state index in [1.165, 1.54) is 7.11 Å². The number of hydrogen-bond donors (Lipinski definition) is 1. The van der Waals surface area contributed by atoms with E-state index in [1.54, 1.807) is 0 Å². The van der Waals surface area contributed by atoms with Gasteiger partial charge in [0.15, 0.2) is 0 Å². The zero-order valence-corrected chi connectivity index (χ0v) is 13.2. The average molecular weight is 358 g/mol. The van der Waals surface area contributed by atoms with Crippen molar-refractivity contribution in [1.29, 1.82) is 0 Å². The van der Waals surface area contributed by atoms with Crippen LogP contribution >= 0.6 is 0 Å². The molecule has 0 saturated heterocycles. The second-order valence-electron chi connectivity index (χ2n) is 3.21. The topological polar surface area (TPSA) is 58.9 Å². The van der Waals surface area contributed by atoms with Crippen molar-refractivity contribution in [3.63, 3.8) is 0 Å². The molecule has 1 radical (unpaired) electrons. The molecule has 6 heteroatoms. The summed E-state index contributed by atoms with van der Waals surface area (Å²) in [6, 6.07) is -0.482. The van der Waals surface area contributed by atoms with Crippen molar-refractivity contribution in [2.45, 2.75) is 43.1 Å². The Kier molecular flexibility index (Phi) is 9.28. The van der Waals surface area contributed by atoms with Crippen LogP contribution in [0.2, 0.25) is 11.1 Å². The van der Waals surface area contributed by atoms with Crippen LogP contribution in [-0.4, -0.2) is 65.9 Å². The maximum absolute atomic E-state index is 11.4. The van der Waals surface area contributed by atoms with Crippen LogP contribution < -0.4 is 0 Å². The number of carbonyl (C=O) groups excluding carboxylic acids is 1. The molecule has 4 nitrogen and oxygen atoms in total. The fourth-order valence-electron chi connectivity index (χ4n) is 1.01. The SMILES string of the molecule is CCC(O)C([Se])=N[C@@H](CC[Se]C)C(=O)OC. The van der Waals surface area contributed by atoms with Crippen molar-refractivity contribution in [2.24, 2.45) is 4.99 Å². The van der Waals surface area contributed by atoms with E-state index in [-0.39, 0.29) is 5.97 Å². The molecular formula is C10H18NO3Se2. The van der Waals surface area contributed by atoms with Gasteiger partial charge in [-0.1, -0.05) is 0 Å². The Bertz CT molecular complexity index is 246. The third-order valence-corrected chi connectivity index (χ3v) is 4.17. The molecule has 0 aliphatic rings. The molecule has 0 fully saturated rings. The van der Waals surface area contributed by atoms with Crippen molar-refractivity contribution in [3.8, 4) is 0 Å². The first-order valence-electron chi connectivity index (χ1n) is 5.06. The molecule has 0 aliphatic carbocycles. The Morgan fingerprint density at radius 3 is 2.69 bits per heavy atom. The molecule has 1 unspecified atom stereocenters. The third kappa shape index (κ3) is 6.02. The molecule has 0 aromatic carbocycles. The molecule has 0 aliphatic heterocycles. The molecule has 16 heavy (non-hydrogen) atoms. The first kappa shape index (κ1) is 16.1. The summed E-state index contributed by atoms with van der Waals surface area (Å²) in [5, 5.41) is 10.5. The average Bonchev–Trinajstić information content (AvgIpc) is 2.31. The summed E-state index contributed by atoms with van der Waals surface area (Å²) in [4.78, 5) is 15.6. The first-order chi connectivity index (χ1) is 7.56. The van der Waals surface area contributed by atoms with Crippen molar-refractivity contribution in [1.82, 2.24) is 0 Å². The van der Waals surface area contributed by atoms with E-state index in [1.807, 2.05) is 6.92 Å². The van der Waals surface area contributed by atoms with Gasteiger partial charge in [0.05, 0.1) is 0 Å². The Morgan fingerprint density at radius 2 is 2.25 bits per heavy atom. The van der Waals surface area contributed by atoms with E-state index in [2.05, 4.69) is 31.6 Å².